The Kier molecular flexibility index (Phi) is 6.68. The third-order valence-electron chi connectivity index (χ3n) is 3.60. The van der Waals surface area contributed by atoms with Gasteiger partial charge in [0.25, 0.3) is 0 Å². The smallest absolute Gasteiger partial charge is 0.343 e. The maximum atomic E-state index is 12.2. The van der Waals surface area contributed by atoms with Gasteiger partial charge < -0.3 is 10.1 Å². The fourth-order valence-corrected chi connectivity index (χ4v) is 3.26. The molecule has 0 spiro atoms. The molecular formula is C20H18ClN3O2S. The number of benzene rings is 2. The van der Waals surface area contributed by atoms with Crippen LogP contribution in [0.15, 0.2) is 66.0 Å². The van der Waals surface area contributed by atoms with Crippen LogP contribution in [0, 0.1) is 0 Å². The first-order valence-corrected chi connectivity index (χ1v) is 9.76. The van der Waals surface area contributed by atoms with Crippen LogP contribution in [0.25, 0.3) is 0 Å². The number of anilines is 2. The molecule has 138 valence electrons. The summed E-state index contributed by atoms with van der Waals surface area (Å²) in [6.07, 6.45) is 1.48. The summed E-state index contributed by atoms with van der Waals surface area (Å²) in [7, 11) is 0. The molecule has 0 bridgehead atoms. The molecule has 0 unspecified atom stereocenters. The molecule has 0 atom stereocenters. The van der Waals surface area contributed by atoms with Crippen LogP contribution < -0.4 is 5.32 Å². The van der Waals surface area contributed by atoms with E-state index in [1.54, 1.807) is 13.0 Å². The zero-order valence-electron chi connectivity index (χ0n) is 14.7. The van der Waals surface area contributed by atoms with Crippen LogP contribution in [0.4, 0.5) is 11.5 Å². The van der Waals surface area contributed by atoms with Crippen molar-refractivity contribution in [3.05, 3.63) is 76.9 Å². The second-order valence-corrected chi connectivity index (χ2v) is 6.86. The average Bonchev–Trinajstić information content (AvgIpc) is 2.69. The van der Waals surface area contributed by atoms with Crippen molar-refractivity contribution >= 4 is 40.8 Å². The maximum Gasteiger partial charge on any atom is 0.343 e. The summed E-state index contributed by atoms with van der Waals surface area (Å²) in [5.41, 5.74) is 2.09. The van der Waals surface area contributed by atoms with Gasteiger partial charge in [-0.3, -0.25) is 0 Å². The fraction of sp³-hybridized carbons (Fsp3) is 0.150. The van der Waals surface area contributed by atoms with E-state index in [2.05, 4.69) is 15.3 Å². The standard InChI is InChI=1S/C20H18ClN3O2S/c1-2-26-19(25)15-12-22-20(27-13-14-8-4-3-5-9-14)24-18(15)23-17-11-7-6-10-16(17)21/h3-12H,2,13H2,1H3,(H,22,23,24). The number of esters is 1. The molecule has 3 rings (SSSR count). The zero-order valence-corrected chi connectivity index (χ0v) is 16.3. The number of carbonyl (C=O) groups is 1. The van der Waals surface area contributed by atoms with Crippen molar-refractivity contribution in [1.29, 1.82) is 0 Å². The largest absolute Gasteiger partial charge is 0.462 e. The fourth-order valence-electron chi connectivity index (χ4n) is 2.30. The molecule has 3 aromatic rings. The Hall–Kier alpha value is -2.57. The van der Waals surface area contributed by atoms with Gasteiger partial charge in [0.05, 0.1) is 17.3 Å². The number of hydrogen-bond donors (Lipinski definition) is 1. The lowest BCUT2D eigenvalue weighted by atomic mass is 10.2. The Morgan fingerprint density at radius 1 is 1.15 bits per heavy atom. The van der Waals surface area contributed by atoms with Crippen LogP contribution in [0.2, 0.25) is 5.02 Å². The molecule has 0 fully saturated rings. The Bertz CT molecular complexity index is 922. The van der Waals surface area contributed by atoms with Gasteiger partial charge in [0, 0.05) is 11.9 Å². The summed E-state index contributed by atoms with van der Waals surface area (Å²) in [4.78, 5) is 21.1. The molecule has 0 aliphatic heterocycles. The summed E-state index contributed by atoms with van der Waals surface area (Å²) in [6.45, 7) is 2.03. The SMILES string of the molecule is CCOC(=O)c1cnc(SCc2ccccc2)nc1Nc1ccccc1Cl. The Morgan fingerprint density at radius 3 is 2.63 bits per heavy atom. The van der Waals surface area contributed by atoms with E-state index in [9.17, 15) is 4.79 Å². The average molecular weight is 400 g/mol. The second-order valence-electron chi connectivity index (χ2n) is 5.51. The third kappa shape index (κ3) is 5.21. The van der Waals surface area contributed by atoms with Gasteiger partial charge in [-0.25, -0.2) is 14.8 Å². The molecule has 0 saturated carbocycles. The molecule has 5 nitrogen and oxygen atoms in total. The van der Waals surface area contributed by atoms with Gasteiger partial charge in [-0.2, -0.15) is 0 Å². The number of hydrogen-bond acceptors (Lipinski definition) is 6. The van der Waals surface area contributed by atoms with Crippen molar-refractivity contribution in [2.45, 2.75) is 17.8 Å². The number of halogens is 1. The lowest BCUT2D eigenvalue weighted by Gasteiger charge is -2.12. The molecule has 7 heteroatoms. The highest BCUT2D eigenvalue weighted by Gasteiger charge is 2.17. The van der Waals surface area contributed by atoms with Crippen LogP contribution in [-0.2, 0) is 10.5 Å². The third-order valence-corrected chi connectivity index (χ3v) is 4.86. The van der Waals surface area contributed by atoms with Crippen molar-refractivity contribution in [2.24, 2.45) is 0 Å². The number of nitrogens with one attached hydrogen (secondary N) is 1. The lowest BCUT2D eigenvalue weighted by Crippen LogP contribution is -2.11. The molecule has 0 aliphatic carbocycles. The Balaban J connectivity index is 1.86. The Morgan fingerprint density at radius 2 is 1.89 bits per heavy atom. The highest BCUT2D eigenvalue weighted by atomic mass is 35.5. The van der Waals surface area contributed by atoms with Crippen LogP contribution in [0.1, 0.15) is 22.8 Å². The number of ether oxygens (including phenoxy) is 1. The molecule has 0 amide bonds. The predicted octanol–water partition coefficient (Wildman–Crippen LogP) is 5.34. The predicted molar refractivity (Wildman–Crippen MR) is 109 cm³/mol. The van der Waals surface area contributed by atoms with E-state index < -0.39 is 5.97 Å². The quantitative estimate of drug-likeness (QED) is 0.328. The van der Waals surface area contributed by atoms with Crippen molar-refractivity contribution in [3.8, 4) is 0 Å². The molecule has 1 heterocycles. The molecule has 0 aliphatic rings. The molecule has 1 N–H and O–H groups in total. The summed E-state index contributed by atoms with van der Waals surface area (Å²) in [6, 6.07) is 17.3. The van der Waals surface area contributed by atoms with Gasteiger partial charge in [-0.1, -0.05) is 65.8 Å². The van der Waals surface area contributed by atoms with E-state index in [0.717, 1.165) is 5.75 Å². The monoisotopic (exact) mass is 399 g/mol. The summed E-state index contributed by atoms with van der Waals surface area (Å²) in [5.74, 6) is 0.615. The van der Waals surface area contributed by atoms with E-state index in [1.807, 2.05) is 48.5 Å². The molecule has 0 saturated heterocycles. The van der Waals surface area contributed by atoms with Crippen molar-refractivity contribution < 1.29 is 9.53 Å². The van der Waals surface area contributed by atoms with E-state index in [4.69, 9.17) is 16.3 Å². The first-order valence-electron chi connectivity index (χ1n) is 8.40. The normalized spacial score (nSPS) is 10.4. The minimum atomic E-state index is -0.480. The number of para-hydroxylation sites is 1. The van der Waals surface area contributed by atoms with Crippen molar-refractivity contribution in [1.82, 2.24) is 9.97 Å². The lowest BCUT2D eigenvalue weighted by molar-refractivity contribution is 0.0526. The van der Waals surface area contributed by atoms with E-state index in [0.29, 0.717) is 21.7 Å². The minimum Gasteiger partial charge on any atom is -0.462 e. The van der Waals surface area contributed by atoms with E-state index in [-0.39, 0.29) is 12.2 Å². The van der Waals surface area contributed by atoms with E-state index in [1.165, 1.54) is 23.5 Å². The van der Waals surface area contributed by atoms with Gasteiger partial charge in [0.2, 0.25) is 0 Å². The van der Waals surface area contributed by atoms with Crippen LogP contribution in [0.5, 0.6) is 0 Å². The van der Waals surface area contributed by atoms with Gasteiger partial charge in [-0.05, 0) is 24.6 Å². The summed E-state index contributed by atoms with van der Waals surface area (Å²) >= 11 is 7.71. The van der Waals surface area contributed by atoms with E-state index >= 15 is 0 Å². The van der Waals surface area contributed by atoms with Crippen LogP contribution in [-0.4, -0.2) is 22.5 Å². The number of nitrogens with zero attached hydrogens (tertiary/aromatic N) is 2. The highest BCUT2D eigenvalue weighted by molar-refractivity contribution is 7.98. The molecule has 2 aromatic carbocycles. The summed E-state index contributed by atoms with van der Waals surface area (Å²) < 4.78 is 5.11. The molecule has 1 aromatic heterocycles. The summed E-state index contributed by atoms with van der Waals surface area (Å²) in [5, 5.41) is 4.21. The minimum absolute atomic E-state index is 0.265. The Labute approximate surface area is 167 Å². The van der Waals surface area contributed by atoms with Gasteiger partial charge >= 0.3 is 5.97 Å². The first kappa shape index (κ1) is 19.2. The molecule has 27 heavy (non-hydrogen) atoms. The molecular weight excluding hydrogens is 382 g/mol. The molecule has 0 radical (unpaired) electrons. The second kappa shape index (κ2) is 9.39. The first-order chi connectivity index (χ1) is 13.2. The van der Waals surface area contributed by atoms with Gasteiger partial charge in [0.1, 0.15) is 11.4 Å². The number of rotatable bonds is 7. The highest BCUT2D eigenvalue weighted by Crippen LogP contribution is 2.28. The van der Waals surface area contributed by atoms with Crippen molar-refractivity contribution in [2.75, 3.05) is 11.9 Å². The maximum absolute atomic E-state index is 12.2. The van der Waals surface area contributed by atoms with Crippen LogP contribution in [0.3, 0.4) is 0 Å². The van der Waals surface area contributed by atoms with Crippen LogP contribution >= 0.6 is 23.4 Å². The number of carbonyl (C=O) groups excluding carboxylic acids is 1. The topological polar surface area (TPSA) is 64.1 Å². The van der Waals surface area contributed by atoms with Gasteiger partial charge in [-0.15, -0.1) is 0 Å². The number of aromatic nitrogens is 2. The van der Waals surface area contributed by atoms with Crippen molar-refractivity contribution in [3.63, 3.8) is 0 Å². The zero-order chi connectivity index (χ0) is 19.1. The van der Waals surface area contributed by atoms with Gasteiger partial charge in [0.15, 0.2) is 5.16 Å². The number of thioether (sulfide) groups is 1.